The highest BCUT2D eigenvalue weighted by molar-refractivity contribution is 7.86. The Bertz CT molecular complexity index is 261. The zero-order valence-corrected chi connectivity index (χ0v) is 8.05. The van der Waals surface area contributed by atoms with Gasteiger partial charge in [-0.3, -0.25) is 0 Å². The lowest BCUT2D eigenvalue weighted by Crippen LogP contribution is -2.47. The summed E-state index contributed by atoms with van der Waals surface area (Å²) in [6.45, 7) is 5.16. The summed E-state index contributed by atoms with van der Waals surface area (Å²) < 4.78 is 25.8. The first-order valence-corrected chi connectivity index (χ1v) is 5.31. The van der Waals surface area contributed by atoms with Gasteiger partial charge in [0.15, 0.2) is 0 Å². The zero-order valence-electron chi connectivity index (χ0n) is 7.23. The van der Waals surface area contributed by atoms with Crippen LogP contribution in [0.1, 0.15) is 6.42 Å². The van der Waals surface area contributed by atoms with Gasteiger partial charge < -0.3 is 0 Å². The van der Waals surface area contributed by atoms with Gasteiger partial charge in [0.05, 0.1) is 0 Å². The second-order valence-electron chi connectivity index (χ2n) is 2.83. The Morgan fingerprint density at radius 3 is 2.75 bits per heavy atom. The Kier molecular flexibility index (Phi) is 2.87. The van der Waals surface area contributed by atoms with Crippen LogP contribution in [0.3, 0.4) is 0 Å². The van der Waals surface area contributed by atoms with Crippen molar-refractivity contribution in [1.29, 1.82) is 0 Å². The molecule has 1 saturated heterocycles. The van der Waals surface area contributed by atoms with Crippen molar-refractivity contribution in [2.75, 3.05) is 26.7 Å². The van der Waals surface area contributed by atoms with Crippen molar-refractivity contribution in [3.63, 3.8) is 0 Å². The van der Waals surface area contributed by atoms with E-state index in [0.717, 1.165) is 6.42 Å². The molecule has 0 bridgehead atoms. The summed E-state index contributed by atoms with van der Waals surface area (Å²) in [6.07, 6.45) is 2.50. The molecule has 12 heavy (non-hydrogen) atoms. The van der Waals surface area contributed by atoms with E-state index in [9.17, 15) is 8.42 Å². The third-order valence-corrected chi connectivity index (χ3v) is 3.89. The highest BCUT2D eigenvalue weighted by atomic mass is 32.2. The number of hydrogen-bond acceptors (Lipinski definition) is 2. The maximum Gasteiger partial charge on any atom is 0.282 e. The molecule has 5 heteroatoms. The van der Waals surface area contributed by atoms with Gasteiger partial charge in [0.25, 0.3) is 10.2 Å². The molecule has 0 radical (unpaired) electrons. The molecular weight excluding hydrogens is 176 g/mol. The van der Waals surface area contributed by atoms with Crippen LogP contribution in [0, 0.1) is 0 Å². The number of hydrogen-bond donors (Lipinski definition) is 0. The van der Waals surface area contributed by atoms with Gasteiger partial charge in [-0.25, -0.2) is 0 Å². The summed E-state index contributed by atoms with van der Waals surface area (Å²) in [5.41, 5.74) is 0. The molecule has 0 aromatic heterocycles. The molecule has 0 aromatic carbocycles. The Morgan fingerprint density at radius 2 is 2.17 bits per heavy atom. The molecule has 0 aliphatic carbocycles. The fourth-order valence-corrected chi connectivity index (χ4v) is 2.63. The number of rotatable bonds is 2. The summed E-state index contributed by atoms with van der Waals surface area (Å²) in [7, 11) is -1.57. The normalized spacial score (nSPS) is 25.4. The predicted molar refractivity (Wildman–Crippen MR) is 47.9 cm³/mol. The lowest BCUT2D eigenvalue weighted by atomic mass is 10.4. The maximum absolute atomic E-state index is 11.5. The minimum Gasteiger partial charge on any atom is -0.195 e. The van der Waals surface area contributed by atoms with E-state index in [4.69, 9.17) is 0 Å². The molecule has 1 heterocycles. The van der Waals surface area contributed by atoms with Crippen molar-refractivity contribution in [3.8, 4) is 0 Å². The Hall–Kier alpha value is -0.390. The molecule has 0 aromatic rings. The van der Waals surface area contributed by atoms with Crippen molar-refractivity contribution >= 4 is 10.2 Å². The van der Waals surface area contributed by atoms with Crippen LogP contribution >= 0.6 is 0 Å². The van der Waals surface area contributed by atoms with Crippen LogP contribution in [0.25, 0.3) is 0 Å². The van der Waals surface area contributed by atoms with Crippen molar-refractivity contribution in [2.24, 2.45) is 0 Å². The first-order valence-electron chi connectivity index (χ1n) is 3.91. The average molecular weight is 190 g/mol. The summed E-state index contributed by atoms with van der Waals surface area (Å²) in [5.74, 6) is 0. The predicted octanol–water partition coefficient (Wildman–Crippen LogP) is 0.0547. The van der Waals surface area contributed by atoms with Crippen molar-refractivity contribution < 1.29 is 8.42 Å². The molecule has 0 N–H and O–H groups in total. The molecule has 1 fully saturated rings. The Morgan fingerprint density at radius 1 is 1.50 bits per heavy atom. The quantitative estimate of drug-likeness (QED) is 0.577. The topological polar surface area (TPSA) is 40.6 Å². The summed E-state index contributed by atoms with van der Waals surface area (Å²) >= 11 is 0. The molecule has 0 unspecified atom stereocenters. The molecule has 0 saturated carbocycles. The van der Waals surface area contributed by atoms with Gasteiger partial charge in [0.1, 0.15) is 0 Å². The van der Waals surface area contributed by atoms with Crippen LogP contribution < -0.4 is 0 Å². The molecule has 1 aliphatic rings. The SMILES string of the molecule is C=CCN1CCCN(C)S1(=O)=O. The van der Waals surface area contributed by atoms with Crippen LogP contribution in [-0.2, 0) is 10.2 Å². The molecule has 0 amide bonds. The maximum atomic E-state index is 11.5. The molecule has 4 nitrogen and oxygen atoms in total. The van der Waals surface area contributed by atoms with E-state index in [-0.39, 0.29) is 0 Å². The first-order chi connectivity index (χ1) is 5.59. The summed E-state index contributed by atoms with van der Waals surface area (Å²) in [4.78, 5) is 0. The fourth-order valence-electron chi connectivity index (χ4n) is 1.23. The van der Waals surface area contributed by atoms with E-state index in [0.29, 0.717) is 19.6 Å². The van der Waals surface area contributed by atoms with Crippen LogP contribution in [0.2, 0.25) is 0 Å². The zero-order chi connectivity index (χ0) is 9.19. The third-order valence-electron chi connectivity index (χ3n) is 1.93. The van der Waals surface area contributed by atoms with E-state index >= 15 is 0 Å². The van der Waals surface area contributed by atoms with Gasteiger partial charge in [0.2, 0.25) is 0 Å². The minimum atomic E-state index is -3.17. The van der Waals surface area contributed by atoms with Crippen LogP contribution in [0.5, 0.6) is 0 Å². The van der Waals surface area contributed by atoms with Gasteiger partial charge in [-0.1, -0.05) is 6.08 Å². The highest BCUT2D eigenvalue weighted by Gasteiger charge is 2.29. The first kappa shape index (κ1) is 9.70. The lowest BCUT2D eigenvalue weighted by Gasteiger charge is -2.31. The lowest BCUT2D eigenvalue weighted by molar-refractivity contribution is 0.323. The third kappa shape index (κ3) is 1.68. The van der Waals surface area contributed by atoms with Crippen LogP contribution in [0.15, 0.2) is 12.7 Å². The fraction of sp³-hybridized carbons (Fsp3) is 0.714. The van der Waals surface area contributed by atoms with E-state index < -0.39 is 10.2 Å². The summed E-state index contributed by atoms with van der Waals surface area (Å²) in [5, 5.41) is 0. The van der Waals surface area contributed by atoms with Crippen molar-refractivity contribution in [1.82, 2.24) is 8.61 Å². The van der Waals surface area contributed by atoms with Gasteiger partial charge in [-0.05, 0) is 6.42 Å². The van der Waals surface area contributed by atoms with Crippen molar-refractivity contribution in [2.45, 2.75) is 6.42 Å². The molecule has 70 valence electrons. The second-order valence-corrected chi connectivity index (χ2v) is 4.86. The molecule has 0 atom stereocenters. The number of nitrogens with zero attached hydrogens (tertiary/aromatic N) is 2. The van der Waals surface area contributed by atoms with Gasteiger partial charge in [0, 0.05) is 26.7 Å². The molecule has 0 spiro atoms. The Labute approximate surface area is 73.6 Å². The smallest absolute Gasteiger partial charge is 0.195 e. The van der Waals surface area contributed by atoms with Gasteiger partial charge >= 0.3 is 0 Å². The van der Waals surface area contributed by atoms with Crippen LogP contribution in [0.4, 0.5) is 0 Å². The van der Waals surface area contributed by atoms with E-state index in [1.165, 1.54) is 8.61 Å². The van der Waals surface area contributed by atoms with E-state index in [1.54, 1.807) is 13.1 Å². The monoisotopic (exact) mass is 190 g/mol. The molecule has 1 aliphatic heterocycles. The minimum absolute atomic E-state index is 0.409. The molecular formula is C7H14N2O2S. The van der Waals surface area contributed by atoms with Gasteiger partial charge in [-0.15, -0.1) is 6.58 Å². The second kappa shape index (κ2) is 3.55. The summed E-state index contributed by atoms with van der Waals surface area (Å²) in [6, 6.07) is 0. The van der Waals surface area contributed by atoms with Crippen molar-refractivity contribution in [3.05, 3.63) is 12.7 Å². The average Bonchev–Trinajstić information content (AvgIpc) is 2.00. The standard InChI is InChI=1S/C7H14N2O2S/c1-3-5-9-7-4-6-8(2)12(9,10)11/h3H,1,4-7H2,2H3. The van der Waals surface area contributed by atoms with Crippen LogP contribution in [-0.4, -0.2) is 43.7 Å². The van der Waals surface area contributed by atoms with Gasteiger partial charge in [-0.2, -0.15) is 17.0 Å². The molecule has 1 rings (SSSR count). The highest BCUT2D eigenvalue weighted by Crippen LogP contribution is 2.13. The van der Waals surface area contributed by atoms with E-state index in [2.05, 4.69) is 6.58 Å². The largest absolute Gasteiger partial charge is 0.282 e. The Balaban J connectivity index is 2.79. The van der Waals surface area contributed by atoms with E-state index in [1.807, 2.05) is 0 Å².